The second kappa shape index (κ2) is 5.58. The van der Waals surface area contributed by atoms with E-state index in [1.807, 2.05) is 0 Å². The number of nitrogens with two attached hydrogens (primary N) is 1. The fourth-order valence-electron chi connectivity index (χ4n) is 2.04. The maximum absolute atomic E-state index is 5.60. The lowest BCUT2D eigenvalue weighted by Crippen LogP contribution is -2.56. The molecule has 0 amide bonds. The average molecular weight is 185 g/mol. The van der Waals surface area contributed by atoms with Crippen LogP contribution in [-0.2, 0) is 0 Å². The summed E-state index contributed by atoms with van der Waals surface area (Å²) in [4.78, 5) is 2.53. The molecule has 0 bridgehead atoms. The molecule has 1 aliphatic rings. The van der Waals surface area contributed by atoms with Crippen molar-refractivity contribution in [2.24, 2.45) is 5.73 Å². The van der Waals surface area contributed by atoms with Gasteiger partial charge in [-0.15, -0.1) is 0 Å². The first-order valence-corrected chi connectivity index (χ1v) is 5.49. The van der Waals surface area contributed by atoms with Crippen LogP contribution in [0.1, 0.15) is 26.7 Å². The largest absolute Gasteiger partial charge is 0.329 e. The molecule has 1 rings (SSSR count). The lowest BCUT2D eigenvalue weighted by molar-refractivity contribution is 0.129. The molecular weight excluding hydrogens is 162 g/mol. The molecule has 0 aromatic rings. The van der Waals surface area contributed by atoms with E-state index in [1.165, 1.54) is 19.4 Å². The molecule has 1 saturated heterocycles. The van der Waals surface area contributed by atoms with Crippen molar-refractivity contribution in [3.63, 3.8) is 0 Å². The zero-order valence-electron chi connectivity index (χ0n) is 8.92. The van der Waals surface area contributed by atoms with Crippen LogP contribution >= 0.6 is 0 Å². The van der Waals surface area contributed by atoms with E-state index >= 15 is 0 Å². The van der Waals surface area contributed by atoms with E-state index in [0.29, 0.717) is 12.1 Å². The van der Waals surface area contributed by atoms with Gasteiger partial charge in [0, 0.05) is 38.3 Å². The third-order valence-electron chi connectivity index (χ3n) is 2.99. The predicted molar refractivity (Wildman–Crippen MR) is 56.8 cm³/mol. The molecule has 0 spiro atoms. The number of hydrogen-bond acceptors (Lipinski definition) is 3. The molecule has 1 heterocycles. The van der Waals surface area contributed by atoms with Crippen molar-refractivity contribution in [2.45, 2.75) is 38.8 Å². The zero-order chi connectivity index (χ0) is 9.68. The van der Waals surface area contributed by atoms with Gasteiger partial charge in [-0.1, -0.05) is 13.8 Å². The van der Waals surface area contributed by atoms with Crippen molar-refractivity contribution < 1.29 is 0 Å². The summed E-state index contributed by atoms with van der Waals surface area (Å²) in [5.74, 6) is 0. The van der Waals surface area contributed by atoms with Gasteiger partial charge in [-0.25, -0.2) is 0 Å². The van der Waals surface area contributed by atoms with E-state index in [1.54, 1.807) is 0 Å². The molecule has 1 aliphatic heterocycles. The molecule has 3 N–H and O–H groups in total. The summed E-state index contributed by atoms with van der Waals surface area (Å²) >= 11 is 0. The van der Waals surface area contributed by atoms with Crippen molar-refractivity contribution >= 4 is 0 Å². The van der Waals surface area contributed by atoms with Crippen LogP contribution in [0.4, 0.5) is 0 Å². The first-order chi connectivity index (χ1) is 6.31. The first kappa shape index (κ1) is 11.0. The minimum absolute atomic E-state index is 0.675. The minimum Gasteiger partial charge on any atom is -0.329 e. The van der Waals surface area contributed by atoms with Gasteiger partial charge in [0.1, 0.15) is 0 Å². The molecule has 3 nitrogen and oxygen atoms in total. The molecular formula is C10H23N3. The standard InChI is InChI=1S/C10H23N3/c1-3-9-8-13(6-5-11)10(4-2)7-12-9/h9-10,12H,3-8,11H2,1-2H3/t9-,10+/m0/s1. The van der Waals surface area contributed by atoms with Gasteiger partial charge >= 0.3 is 0 Å². The van der Waals surface area contributed by atoms with E-state index < -0.39 is 0 Å². The highest BCUT2D eigenvalue weighted by Crippen LogP contribution is 2.10. The fourth-order valence-corrected chi connectivity index (χ4v) is 2.04. The SMILES string of the molecule is CC[C@H]1CN(CCN)[C@H](CC)CN1. The highest BCUT2D eigenvalue weighted by molar-refractivity contribution is 4.84. The van der Waals surface area contributed by atoms with Crippen LogP contribution in [0.3, 0.4) is 0 Å². The van der Waals surface area contributed by atoms with E-state index in [-0.39, 0.29) is 0 Å². The molecule has 0 unspecified atom stereocenters. The lowest BCUT2D eigenvalue weighted by atomic mass is 10.1. The molecule has 2 atom stereocenters. The zero-order valence-corrected chi connectivity index (χ0v) is 8.92. The van der Waals surface area contributed by atoms with Crippen LogP contribution in [0.15, 0.2) is 0 Å². The highest BCUT2D eigenvalue weighted by Gasteiger charge is 2.24. The fraction of sp³-hybridized carbons (Fsp3) is 1.00. The summed E-state index contributed by atoms with van der Waals surface area (Å²) in [5.41, 5.74) is 5.60. The molecule has 0 aliphatic carbocycles. The van der Waals surface area contributed by atoms with Crippen LogP contribution in [0.25, 0.3) is 0 Å². The van der Waals surface area contributed by atoms with E-state index in [4.69, 9.17) is 5.73 Å². The number of nitrogens with one attached hydrogen (secondary N) is 1. The quantitative estimate of drug-likeness (QED) is 0.666. The predicted octanol–water partition coefficient (Wildman–Crippen LogP) is 0.408. The summed E-state index contributed by atoms with van der Waals surface area (Å²) in [6.45, 7) is 8.64. The van der Waals surface area contributed by atoms with Gasteiger partial charge in [0.15, 0.2) is 0 Å². The normalized spacial score (nSPS) is 30.7. The Morgan fingerprint density at radius 2 is 2.15 bits per heavy atom. The van der Waals surface area contributed by atoms with Crippen LogP contribution in [0.5, 0.6) is 0 Å². The Bertz CT molecular complexity index is 138. The summed E-state index contributed by atoms with van der Waals surface area (Å²) in [6.07, 6.45) is 2.45. The van der Waals surface area contributed by atoms with Crippen molar-refractivity contribution in [3.05, 3.63) is 0 Å². The minimum atomic E-state index is 0.675. The van der Waals surface area contributed by atoms with Crippen molar-refractivity contribution in [1.29, 1.82) is 0 Å². The van der Waals surface area contributed by atoms with Crippen LogP contribution in [-0.4, -0.2) is 43.2 Å². The number of piperazine rings is 1. The molecule has 78 valence electrons. The van der Waals surface area contributed by atoms with Gasteiger partial charge in [0.2, 0.25) is 0 Å². The highest BCUT2D eigenvalue weighted by atomic mass is 15.2. The van der Waals surface area contributed by atoms with E-state index in [2.05, 4.69) is 24.1 Å². The number of rotatable bonds is 4. The second-order valence-electron chi connectivity index (χ2n) is 3.86. The van der Waals surface area contributed by atoms with Gasteiger partial charge in [0.25, 0.3) is 0 Å². The molecule has 0 radical (unpaired) electrons. The van der Waals surface area contributed by atoms with Gasteiger partial charge < -0.3 is 11.1 Å². The van der Waals surface area contributed by atoms with Gasteiger partial charge in [-0.3, -0.25) is 4.90 Å². The van der Waals surface area contributed by atoms with Gasteiger partial charge in [0.05, 0.1) is 0 Å². The summed E-state index contributed by atoms with van der Waals surface area (Å²) in [6, 6.07) is 1.38. The van der Waals surface area contributed by atoms with E-state index in [9.17, 15) is 0 Å². The molecule has 13 heavy (non-hydrogen) atoms. The Kier molecular flexibility index (Phi) is 4.70. The molecule has 0 saturated carbocycles. The third-order valence-corrected chi connectivity index (χ3v) is 2.99. The maximum Gasteiger partial charge on any atom is 0.0219 e. The molecule has 0 aromatic heterocycles. The van der Waals surface area contributed by atoms with E-state index in [0.717, 1.165) is 19.6 Å². The average Bonchev–Trinajstić information content (AvgIpc) is 2.18. The Labute approximate surface area is 81.7 Å². The molecule has 1 fully saturated rings. The molecule has 0 aromatic carbocycles. The second-order valence-corrected chi connectivity index (χ2v) is 3.86. The van der Waals surface area contributed by atoms with Crippen molar-refractivity contribution in [2.75, 3.05) is 26.2 Å². The number of nitrogens with zero attached hydrogens (tertiary/aromatic N) is 1. The first-order valence-electron chi connectivity index (χ1n) is 5.49. The summed E-state index contributed by atoms with van der Waals surface area (Å²) in [5, 5.41) is 3.58. The Morgan fingerprint density at radius 3 is 2.69 bits per heavy atom. The van der Waals surface area contributed by atoms with Crippen molar-refractivity contribution in [1.82, 2.24) is 10.2 Å². The van der Waals surface area contributed by atoms with Gasteiger partial charge in [-0.05, 0) is 12.8 Å². The van der Waals surface area contributed by atoms with Crippen LogP contribution in [0, 0.1) is 0 Å². The number of hydrogen-bond donors (Lipinski definition) is 2. The maximum atomic E-state index is 5.60. The monoisotopic (exact) mass is 185 g/mol. The van der Waals surface area contributed by atoms with Crippen LogP contribution < -0.4 is 11.1 Å². The Balaban J connectivity index is 2.42. The molecule has 3 heteroatoms. The Hall–Kier alpha value is -0.120. The van der Waals surface area contributed by atoms with Crippen LogP contribution in [0.2, 0.25) is 0 Å². The summed E-state index contributed by atoms with van der Waals surface area (Å²) < 4.78 is 0. The third kappa shape index (κ3) is 2.93. The smallest absolute Gasteiger partial charge is 0.0219 e. The lowest BCUT2D eigenvalue weighted by Gasteiger charge is -2.39. The summed E-state index contributed by atoms with van der Waals surface area (Å²) in [7, 11) is 0. The Morgan fingerprint density at radius 1 is 1.38 bits per heavy atom. The van der Waals surface area contributed by atoms with Gasteiger partial charge in [-0.2, -0.15) is 0 Å². The van der Waals surface area contributed by atoms with Crippen molar-refractivity contribution in [3.8, 4) is 0 Å². The topological polar surface area (TPSA) is 41.3 Å².